The smallest absolute Gasteiger partial charge is 0.292 e. The lowest BCUT2D eigenvalue weighted by atomic mass is 9.97. The molecule has 6 heterocycles. The summed E-state index contributed by atoms with van der Waals surface area (Å²) in [6.07, 6.45) is 5.52. The molecule has 53 heavy (non-hydrogen) atoms. The largest absolute Gasteiger partial charge is 0.424 e. The number of ether oxygens (including phenoxy) is 1. The topological polar surface area (TPSA) is 221 Å². The van der Waals surface area contributed by atoms with Gasteiger partial charge in [0.1, 0.15) is 23.4 Å². The van der Waals surface area contributed by atoms with Gasteiger partial charge in [0.15, 0.2) is 11.2 Å². The Morgan fingerprint density at radius 2 is 1.81 bits per heavy atom. The molecule has 272 valence electrons. The zero-order valence-electron chi connectivity index (χ0n) is 29.0. The third kappa shape index (κ3) is 7.29. The van der Waals surface area contributed by atoms with Crippen LogP contribution in [0.25, 0.3) is 33.4 Å². The third-order valence-corrected chi connectivity index (χ3v) is 9.50. The summed E-state index contributed by atoms with van der Waals surface area (Å²) in [5.74, 6) is 0.729. The summed E-state index contributed by atoms with van der Waals surface area (Å²) in [5, 5.41) is 11.7. The van der Waals surface area contributed by atoms with Crippen LogP contribution in [0.5, 0.6) is 0 Å². The lowest BCUT2D eigenvalue weighted by Crippen LogP contribution is -2.44. The predicted molar refractivity (Wildman–Crippen MR) is 197 cm³/mol. The standard InChI is InChI=1S/C36H39N13O4/c37-32-30-31(24-3-4-28-27(16-24)45-35(38)53-28)46-49(33(30)44-21-43-32)19-22-1-2-25-20-48(10-5-23(25)15-22)29(50)6-13-52-14-9-40-34(51)26-17-41-36(42-18-26)47-11-7-39-8-12-47/h1-4,15-18,21,39H,5-14,19-20H2,(H2,38,45)(H,40,51)(H2,37,43,44). The first-order chi connectivity index (χ1) is 25.9. The summed E-state index contributed by atoms with van der Waals surface area (Å²) in [4.78, 5) is 51.2. The van der Waals surface area contributed by atoms with Crippen molar-refractivity contribution in [3.8, 4) is 11.3 Å². The van der Waals surface area contributed by atoms with Gasteiger partial charge in [-0.1, -0.05) is 18.2 Å². The van der Waals surface area contributed by atoms with Crippen molar-refractivity contribution >= 4 is 51.7 Å². The van der Waals surface area contributed by atoms with E-state index < -0.39 is 0 Å². The van der Waals surface area contributed by atoms with Crippen LogP contribution in [-0.2, 0) is 29.0 Å². The number of nitrogens with two attached hydrogens (primary N) is 2. The third-order valence-electron chi connectivity index (χ3n) is 9.50. The number of anilines is 3. The number of amides is 2. The first-order valence-electron chi connectivity index (χ1n) is 17.5. The molecular weight excluding hydrogens is 678 g/mol. The normalized spacial score (nSPS) is 14.5. The number of hydrogen-bond acceptors (Lipinski definition) is 14. The van der Waals surface area contributed by atoms with Crippen LogP contribution >= 0.6 is 0 Å². The highest BCUT2D eigenvalue weighted by Gasteiger charge is 2.23. The fraction of sp³-hybridized carbons (Fsp3) is 0.333. The SMILES string of the molecule is Nc1nc2cc(-c3nn(Cc4ccc5c(c4)CCN(C(=O)CCOCCNC(=O)c4cnc(N6CCNCC6)nc4)C5)c4ncnc(N)c34)ccc2o1. The van der Waals surface area contributed by atoms with Crippen LogP contribution in [0.15, 0.2) is 59.5 Å². The van der Waals surface area contributed by atoms with Gasteiger partial charge in [0.25, 0.3) is 11.9 Å². The van der Waals surface area contributed by atoms with E-state index in [0.29, 0.717) is 77.9 Å². The number of nitrogens with zero attached hydrogens (tertiary/aromatic N) is 9. The number of carbonyl (C=O) groups excluding carboxylic acids is 2. The molecule has 17 nitrogen and oxygen atoms in total. The number of hydrogen-bond donors (Lipinski definition) is 4. The summed E-state index contributed by atoms with van der Waals surface area (Å²) in [5.41, 5.74) is 19.1. The maximum absolute atomic E-state index is 13.0. The monoisotopic (exact) mass is 717 g/mol. The van der Waals surface area contributed by atoms with Crippen molar-refractivity contribution in [2.45, 2.75) is 25.9 Å². The van der Waals surface area contributed by atoms with E-state index in [0.717, 1.165) is 49.3 Å². The summed E-state index contributed by atoms with van der Waals surface area (Å²) in [6, 6.07) is 11.9. The van der Waals surface area contributed by atoms with Crippen molar-refractivity contribution in [3.05, 3.63) is 77.4 Å². The van der Waals surface area contributed by atoms with Gasteiger partial charge in [-0.15, -0.1) is 0 Å². The molecule has 0 saturated carbocycles. The maximum atomic E-state index is 13.0. The Hall–Kier alpha value is -6.20. The zero-order chi connectivity index (χ0) is 36.3. The number of rotatable bonds is 11. The second kappa shape index (κ2) is 14.8. The molecule has 8 rings (SSSR count). The molecule has 0 aliphatic carbocycles. The Labute approximate surface area is 303 Å². The minimum absolute atomic E-state index is 0.0322. The van der Waals surface area contributed by atoms with Crippen LogP contribution in [0.2, 0.25) is 0 Å². The van der Waals surface area contributed by atoms with Crippen LogP contribution in [-0.4, -0.2) is 104 Å². The number of nitrogens with one attached hydrogen (secondary N) is 2. The van der Waals surface area contributed by atoms with Crippen molar-refractivity contribution in [2.75, 3.05) is 68.8 Å². The number of fused-ring (bicyclic) bond motifs is 3. The molecule has 6 N–H and O–H groups in total. The van der Waals surface area contributed by atoms with Crippen molar-refractivity contribution in [3.63, 3.8) is 0 Å². The van der Waals surface area contributed by atoms with E-state index in [1.54, 1.807) is 18.5 Å². The van der Waals surface area contributed by atoms with Crippen LogP contribution in [0.1, 0.15) is 33.5 Å². The van der Waals surface area contributed by atoms with Gasteiger partial charge in [0.05, 0.1) is 37.1 Å². The van der Waals surface area contributed by atoms with E-state index in [4.69, 9.17) is 25.7 Å². The first-order valence-corrected chi connectivity index (χ1v) is 17.5. The van der Waals surface area contributed by atoms with Crippen LogP contribution in [0.3, 0.4) is 0 Å². The molecule has 0 atom stereocenters. The number of aromatic nitrogens is 7. The van der Waals surface area contributed by atoms with E-state index in [1.807, 2.05) is 21.7 Å². The van der Waals surface area contributed by atoms with Crippen molar-refractivity contribution < 1.29 is 18.7 Å². The minimum atomic E-state index is -0.263. The highest BCUT2D eigenvalue weighted by atomic mass is 16.5. The van der Waals surface area contributed by atoms with Crippen molar-refractivity contribution in [1.29, 1.82) is 0 Å². The molecule has 2 amide bonds. The molecule has 0 bridgehead atoms. The number of oxazole rings is 1. The maximum Gasteiger partial charge on any atom is 0.292 e. The van der Waals surface area contributed by atoms with E-state index in [9.17, 15) is 9.59 Å². The highest BCUT2D eigenvalue weighted by molar-refractivity contribution is 5.99. The van der Waals surface area contributed by atoms with Gasteiger partial charge in [-0.2, -0.15) is 10.1 Å². The van der Waals surface area contributed by atoms with Gasteiger partial charge in [-0.05, 0) is 41.3 Å². The molecule has 17 heteroatoms. The Morgan fingerprint density at radius 1 is 0.962 bits per heavy atom. The molecule has 1 fully saturated rings. The second-order valence-corrected chi connectivity index (χ2v) is 13.0. The molecule has 0 radical (unpaired) electrons. The average Bonchev–Trinajstić information content (AvgIpc) is 3.75. The van der Waals surface area contributed by atoms with Gasteiger partial charge >= 0.3 is 0 Å². The summed E-state index contributed by atoms with van der Waals surface area (Å²) in [7, 11) is 0. The Balaban J connectivity index is 0.824. The van der Waals surface area contributed by atoms with E-state index in [2.05, 4.69) is 58.7 Å². The molecule has 4 aromatic heterocycles. The van der Waals surface area contributed by atoms with Crippen LogP contribution in [0.4, 0.5) is 17.8 Å². The minimum Gasteiger partial charge on any atom is -0.424 e. The number of carbonyl (C=O) groups is 2. The van der Waals surface area contributed by atoms with Gasteiger partial charge in [0, 0.05) is 63.8 Å². The molecule has 2 aliphatic heterocycles. The fourth-order valence-electron chi connectivity index (χ4n) is 6.75. The number of nitrogen functional groups attached to an aromatic ring is 2. The van der Waals surface area contributed by atoms with Gasteiger partial charge in [-0.25, -0.2) is 24.6 Å². The summed E-state index contributed by atoms with van der Waals surface area (Å²) < 4.78 is 12.9. The molecule has 0 spiro atoms. The fourth-order valence-corrected chi connectivity index (χ4v) is 6.75. The van der Waals surface area contributed by atoms with Crippen LogP contribution in [0, 0.1) is 0 Å². The molecule has 2 aliphatic rings. The molecule has 0 unspecified atom stereocenters. The highest BCUT2D eigenvalue weighted by Crippen LogP contribution is 2.33. The average molecular weight is 718 g/mol. The lowest BCUT2D eigenvalue weighted by Gasteiger charge is -2.29. The van der Waals surface area contributed by atoms with E-state index in [1.165, 1.54) is 11.9 Å². The second-order valence-electron chi connectivity index (χ2n) is 13.0. The summed E-state index contributed by atoms with van der Waals surface area (Å²) >= 11 is 0. The number of piperazine rings is 1. The Bertz CT molecular complexity index is 2280. The van der Waals surface area contributed by atoms with Gasteiger partial charge in [-0.3, -0.25) is 9.59 Å². The molecule has 1 saturated heterocycles. The first kappa shape index (κ1) is 33.9. The van der Waals surface area contributed by atoms with Crippen LogP contribution < -0.4 is 27.0 Å². The quantitative estimate of drug-likeness (QED) is 0.140. The van der Waals surface area contributed by atoms with E-state index in [-0.39, 0.29) is 30.9 Å². The lowest BCUT2D eigenvalue weighted by molar-refractivity contribution is -0.133. The molecular formula is C36H39N13O4. The van der Waals surface area contributed by atoms with Crippen molar-refractivity contribution in [1.82, 2.24) is 50.2 Å². The molecule has 6 aromatic rings. The Kier molecular flexibility index (Phi) is 9.47. The number of benzene rings is 2. The van der Waals surface area contributed by atoms with Crippen molar-refractivity contribution in [2.24, 2.45) is 0 Å². The Morgan fingerprint density at radius 3 is 2.66 bits per heavy atom. The van der Waals surface area contributed by atoms with E-state index >= 15 is 0 Å². The van der Waals surface area contributed by atoms with Gasteiger partial charge in [0.2, 0.25) is 11.9 Å². The summed E-state index contributed by atoms with van der Waals surface area (Å²) in [6.45, 7) is 5.94. The predicted octanol–water partition coefficient (Wildman–Crippen LogP) is 1.77. The zero-order valence-corrected chi connectivity index (χ0v) is 29.0. The molecule has 2 aromatic carbocycles. The van der Waals surface area contributed by atoms with Gasteiger partial charge < -0.3 is 41.1 Å².